The number of carbonyl (C=O) groups is 2. The van der Waals surface area contributed by atoms with Gasteiger partial charge >= 0.3 is 5.97 Å². The highest BCUT2D eigenvalue weighted by Gasteiger charge is 2.31. The van der Waals surface area contributed by atoms with Crippen molar-refractivity contribution in [2.75, 3.05) is 12.4 Å². The Kier molecular flexibility index (Phi) is 8.50. The Balaban J connectivity index is 1.78. The molecular weight excluding hydrogens is 474 g/mol. The lowest BCUT2D eigenvalue weighted by molar-refractivity contribution is -0.598. The van der Waals surface area contributed by atoms with Crippen molar-refractivity contribution in [3.8, 4) is 5.69 Å². The van der Waals surface area contributed by atoms with Gasteiger partial charge in [-0.1, -0.05) is 60.7 Å². The fraction of sp³-hybridized carbons (Fsp3) is 0.207. The second kappa shape index (κ2) is 12.0. The summed E-state index contributed by atoms with van der Waals surface area (Å²) in [4.78, 5) is 26.8. The highest BCUT2D eigenvalue weighted by molar-refractivity contribution is 8.01. The second-order valence-electron chi connectivity index (χ2n) is 8.09. The number of ether oxygens (including phenoxy) is 1. The molecule has 0 saturated carbocycles. The highest BCUT2D eigenvalue weighted by Crippen LogP contribution is 2.38. The molecule has 2 heterocycles. The van der Waals surface area contributed by atoms with E-state index >= 15 is 0 Å². The minimum atomic E-state index is -0.331. The van der Waals surface area contributed by atoms with Crippen molar-refractivity contribution in [2.24, 2.45) is 0 Å². The van der Waals surface area contributed by atoms with Crippen LogP contribution in [0, 0.1) is 6.92 Å². The third-order valence-corrected chi connectivity index (χ3v) is 8.02. The standard InChI is InChI=1S/C29H28NO3S2/c1-3-33-25(31)20-24-26(30-17-14-21(2)15-18-30)29(34-19-16-22-10-6-4-7-11-22)35-28(24)27(32)23-12-8-5-9-13-23/h4-15,17-18H,3,16,19-20H2,1-2H3/q+1. The Labute approximate surface area is 214 Å². The van der Waals surface area contributed by atoms with Crippen molar-refractivity contribution < 1.29 is 18.9 Å². The van der Waals surface area contributed by atoms with Gasteiger partial charge in [-0.2, -0.15) is 4.57 Å². The number of aryl methyl sites for hydroxylation is 2. The van der Waals surface area contributed by atoms with Crippen molar-refractivity contribution >= 4 is 34.9 Å². The number of ketones is 1. The van der Waals surface area contributed by atoms with Crippen molar-refractivity contribution in [2.45, 2.75) is 30.9 Å². The average molecular weight is 503 g/mol. The molecule has 2 aromatic carbocycles. The quantitative estimate of drug-likeness (QED) is 0.115. The molecule has 4 aromatic rings. The van der Waals surface area contributed by atoms with E-state index in [4.69, 9.17) is 4.74 Å². The highest BCUT2D eigenvalue weighted by atomic mass is 32.2. The van der Waals surface area contributed by atoms with Crippen LogP contribution in [0.1, 0.15) is 38.8 Å². The number of thiophene rings is 1. The number of hydrogen-bond acceptors (Lipinski definition) is 5. The summed E-state index contributed by atoms with van der Waals surface area (Å²) in [7, 11) is 0. The van der Waals surface area contributed by atoms with Gasteiger partial charge in [0.1, 0.15) is 4.21 Å². The molecule has 0 saturated heterocycles. The Morgan fingerprint density at radius 2 is 1.60 bits per heavy atom. The van der Waals surface area contributed by atoms with E-state index in [9.17, 15) is 9.59 Å². The van der Waals surface area contributed by atoms with E-state index in [1.807, 2.05) is 84.5 Å². The Bertz CT molecular complexity index is 1280. The topological polar surface area (TPSA) is 47.3 Å². The summed E-state index contributed by atoms with van der Waals surface area (Å²) in [6, 6.07) is 23.7. The van der Waals surface area contributed by atoms with Crippen LogP contribution in [-0.2, 0) is 22.4 Å². The van der Waals surface area contributed by atoms with Crippen LogP contribution < -0.4 is 4.57 Å². The number of carbonyl (C=O) groups excluding carboxylic acids is 2. The molecule has 0 radical (unpaired) electrons. The first kappa shape index (κ1) is 24.9. The van der Waals surface area contributed by atoms with Crippen LogP contribution in [0.5, 0.6) is 0 Å². The van der Waals surface area contributed by atoms with Crippen LogP contribution in [-0.4, -0.2) is 24.1 Å². The lowest BCUT2D eigenvalue weighted by Crippen LogP contribution is -2.32. The Morgan fingerprint density at radius 3 is 2.26 bits per heavy atom. The van der Waals surface area contributed by atoms with E-state index in [-0.39, 0.29) is 18.2 Å². The van der Waals surface area contributed by atoms with Gasteiger partial charge in [0, 0.05) is 23.4 Å². The molecule has 35 heavy (non-hydrogen) atoms. The minimum Gasteiger partial charge on any atom is -0.466 e. The normalized spacial score (nSPS) is 10.8. The number of hydrogen-bond donors (Lipinski definition) is 0. The monoisotopic (exact) mass is 502 g/mol. The maximum Gasteiger partial charge on any atom is 0.310 e. The number of esters is 1. The largest absolute Gasteiger partial charge is 0.466 e. The molecule has 0 unspecified atom stereocenters. The summed E-state index contributed by atoms with van der Waals surface area (Å²) in [5.41, 5.74) is 4.63. The zero-order valence-electron chi connectivity index (χ0n) is 19.9. The molecule has 0 fully saturated rings. The van der Waals surface area contributed by atoms with E-state index in [1.54, 1.807) is 18.7 Å². The molecule has 0 amide bonds. The van der Waals surface area contributed by atoms with E-state index in [2.05, 4.69) is 12.1 Å². The number of thioether (sulfide) groups is 1. The zero-order valence-corrected chi connectivity index (χ0v) is 21.5. The lowest BCUT2D eigenvalue weighted by Gasteiger charge is -2.06. The summed E-state index contributed by atoms with van der Waals surface area (Å²) in [6.45, 7) is 4.13. The number of pyridine rings is 1. The van der Waals surface area contributed by atoms with Gasteiger partial charge in [0.05, 0.1) is 23.5 Å². The van der Waals surface area contributed by atoms with Crippen LogP contribution >= 0.6 is 23.1 Å². The lowest BCUT2D eigenvalue weighted by atomic mass is 10.0. The molecule has 6 heteroatoms. The fourth-order valence-corrected chi connectivity index (χ4v) is 6.41. The number of rotatable bonds is 10. The predicted octanol–water partition coefficient (Wildman–Crippen LogP) is 6.00. The van der Waals surface area contributed by atoms with Crippen molar-refractivity contribution in [1.82, 2.24) is 0 Å². The molecule has 4 nitrogen and oxygen atoms in total. The van der Waals surface area contributed by atoms with Crippen molar-refractivity contribution in [1.29, 1.82) is 0 Å². The van der Waals surface area contributed by atoms with E-state index in [0.717, 1.165) is 33.2 Å². The first-order valence-corrected chi connectivity index (χ1v) is 13.4. The average Bonchev–Trinajstić information content (AvgIpc) is 3.23. The zero-order chi connectivity index (χ0) is 24.6. The first-order chi connectivity index (χ1) is 17.1. The van der Waals surface area contributed by atoms with Gasteiger partial charge in [0.2, 0.25) is 11.5 Å². The molecule has 0 bridgehead atoms. The van der Waals surface area contributed by atoms with Crippen LogP contribution in [0.4, 0.5) is 0 Å². The summed E-state index contributed by atoms with van der Waals surface area (Å²) >= 11 is 3.19. The second-order valence-corrected chi connectivity index (χ2v) is 10.5. The third-order valence-electron chi connectivity index (χ3n) is 5.54. The van der Waals surface area contributed by atoms with Crippen LogP contribution in [0.15, 0.2) is 89.4 Å². The SMILES string of the molecule is CCOC(=O)Cc1c(C(=O)c2ccccc2)sc(SCCc2ccccc2)c1-[n+]1ccc(C)cc1. The van der Waals surface area contributed by atoms with Gasteiger partial charge < -0.3 is 4.74 Å². The van der Waals surface area contributed by atoms with Crippen LogP contribution in [0.25, 0.3) is 5.69 Å². The van der Waals surface area contributed by atoms with Crippen LogP contribution in [0.2, 0.25) is 0 Å². The molecule has 4 rings (SSSR count). The molecule has 0 aliphatic heterocycles. The predicted molar refractivity (Wildman–Crippen MR) is 142 cm³/mol. The summed E-state index contributed by atoms with van der Waals surface area (Å²) in [6.07, 6.45) is 4.94. The maximum atomic E-state index is 13.6. The Morgan fingerprint density at radius 1 is 0.943 bits per heavy atom. The fourth-order valence-electron chi connectivity index (χ4n) is 3.77. The minimum absolute atomic E-state index is 0.0493. The van der Waals surface area contributed by atoms with Crippen molar-refractivity contribution in [3.63, 3.8) is 0 Å². The van der Waals surface area contributed by atoms with E-state index in [1.165, 1.54) is 16.9 Å². The first-order valence-electron chi connectivity index (χ1n) is 11.6. The molecule has 0 aliphatic carbocycles. The molecule has 0 N–H and O–H groups in total. The van der Waals surface area contributed by atoms with Gasteiger partial charge in [0.15, 0.2) is 12.4 Å². The number of benzene rings is 2. The van der Waals surface area contributed by atoms with Gasteiger partial charge in [-0.25, -0.2) is 0 Å². The summed E-state index contributed by atoms with van der Waals surface area (Å²) in [5.74, 6) is 0.461. The van der Waals surface area contributed by atoms with E-state index < -0.39 is 0 Å². The summed E-state index contributed by atoms with van der Waals surface area (Å²) in [5, 5.41) is 0. The molecule has 0 atom stereocenters. The molecule has 0 aliphatic rings. The van der Waals surface area contributed by atoms with Gasteiger partial charge in [0.25, 0.3) is 0 Å². The van der Waals surface area contributed by atoms with Crippen molar-refractivity contribution in [3.05, 3.63) is 112 Å². The molecule has 178 valence electrons. The smallest absolute Gasteiger partial charge is 0.310 e. The van der Waals surface area contributed by atoms with Crippen LogP contribution in [0.3, 0.4) is 0 Å². The number of nitrogens with zero attached hydrogens (tertiary/aromatic N) is 1. The third kappa shape index (κ3) is 6.27. The van der Waals surface area contributed by atoms with Gasteiger partial charge in [-0.15, -0.1) is 23.1 Å². The van der Waals surface area contributed by atoms with Gasteiger partial charge in [-0.05, 0) is 31.4 Å². The molecular formula is C29H28NO3S2+. The number of aromatic nitrogens is 1. The van der Waals surface area contributed by atoms with E-state index in [0.29, 0.717) is 17.0 Å². The Hall–Kier alpha value is -3.22. The molecule has 0 spiro atoms. The maximum absolute atomic E-state index is 13.6. The summed E-state index contributed by atoms with van der Waals surface area (Å²) < 4.78 is 8.32. The molecule has 2 aromatic heterocycles. The van der Waals surface area contributed by atoms with Gasteiger partial charge in [-0.3, -0.25) is 9.59 Å².